The van der Waals surface area contributed by atoms with Crippen molar-refractivity contribution in [2.45, 2.75) is 51.5 Å². The number of nitrogens with zero attached hydrogens (tertiary/aromatic N) is 1. The minimum atomic E-state index is -0.754. The van der Waals surface area contributed by atoms with Crippen LogP contribution >= 0.6 is 0 Å². The topological polar surface area (TPSA) is 78.9 Å². The average Bonchev–Trinajstić information content (AvgIpc) is 3.26. The molecule has 1 aliphatic heterocycles. The van der Waals surface area contributed by atoms with Gasteiger partial charge in [-0.15, -0.1) is 0 Å². The number of carbonyl (C=O) groups excluding carboxylic acids is 2. The summed E-state index contributed by atoms with van der Waals surface area (Å²) >= 11 is 0. The van der Waals surface area contributed by atoms with Crippen molar-refractivity contribution in [3.05, 3.63) is 71.8 Å². The molecule has 2 aromatic rings. The van der Waals surface area contributed by atoms with Crippen LogP contribution in [0.5, 0.6) is 0 Å². The van der Waals surface area contributed by atoms with Gasteiger partial charge in [-0.25, -0.2) is 4.79 Å². The van der Waals surface area contributed by atoms with Gasteiger partial charge in [0.15, 0.2) is 0 Å². The SMILES string of the molecule is CC(C)[C@H](NC(=O)OCc1ccccc1)C(=O)N1CCC[C@H]1[C@H](O)c1ccccc1. The predicted molar refractivity (Wildman–Crippen MR) is 115 cm³/mol. The fourth-order valence-corrected chi connectivity index (χ4v) is 3.85. The number of carbonyl (C=O) groups is 2. The monoisotopic (exact) mass is 410 g/mol. The molecule has 0 unspecified atom stereocenters. The largest absolute Gasteiger partial charge is 0.445 e. The van der Waals surface area contributed by atoms with Gasteiger partial charge in [0.1, 0.15) is 12.6 Å². The van der Waals surface area contributed by atoms with Crippen molar-refractivity contribution in [1.29, 1.82) is 0 Å². The van der Waals surface area contributed by atoms with Crippen LogP contribution in [0.2, 0.25) is 0 Å². The third-order valence-corrected chi connectivity index (χ3v) is 5.51. The van der Waals surface area contributed by atoms with E-state index in [0.717, 1.165) is 24.0 Å². The zero-order chi connectivity index (χ0) is 21.5. The summed E-state index contributed by atoms with van der Waals surface area (Å²) in [6, 6.07) is 17.8. The van der Waals surface area contributed by atoms with E-state index in [-0.39, 0.29) is 24.5 Å². The second-order valence-corrected chi connectivity index (χ2v) is 8.02. The third kappa shape index (κ3) is 5.39. The number of hydrogen-bond acceptors (Lipinski definition) is 4. The smallest absolute Gasteiger partial charge is 0.408 e. The van der Waals surface area contributed by atoms with E-state index in [9.17, 15) is 14.7 Å². The zero-order valence-electron chi connectivity index (χ0n) is 17.5. The number of hydrogen-bond donors (Lipinski definition) is 2. The van der Waals surface area contributed by atoms with Crippen molar-refractivity contribution in [2.24, 2.45) is 5.92 Å². The lowest BCUT2D eigenvalue weighted by Crippen LogP contribution is -2.53. The van der Waals surface area contributed by atoms with E-state index in [2.05, 4.69) is 5.32 Å². The van der Waals surface area contributed by atoms with Gasteiger partial charge in [-0.1, -0.05) is 74.5 Å². The highest BCUT2D eigenvalue weighted by Crippen LogP contribution is 2.30. The first-order valence-corrected chi connectivity index (χ1v) is 10.5. The molecule has 1 fully saturated rings. The number of alkyl carbamates (subject to hydrolysis) is 1. The molecule has 2 aromatic carbocycles. The number of rotatable bonds is 7. The molecule has 0 radical (unpaired) electrons. The van der Waals surface area contributed by atoms with Crippen molar-refractivity contribution >= 4 is 12.0 Å². The van der Waals surface area contributed by atoms with Crippen LogP contribution in [0.15, 0.2) is 60.7 Å². The summed E-state index contributed by atoms with van der Waals surface area (Å²) in [5.41, 5.74) is 1.67. The van der Waals surface area contributed by atoms with Crippen LogP contribution in [-0.2, 0) is 16.1 Å². The van der Waals surface area contributed by atoms with Gasteiger partial charge in [0, 0.05) is 6.54 Å². The van der Waals surface area contributed by atoms with Crippen LogP contribution in [0.4, 0.5) is 4.79 Å². The zero-order valence-corrected chi connectivity index (χ0v) is 17.5. The van der Waals surface area contributed by atoms with Gasteiger partial charge in [0.25, 0.3) is 0 Å². The van der Waals surface area contributed by atoms with Crippen molar-refractivity contribution in [3.8, 4) is 0 Å². The lowest BCUT2D eigenvalue weighted by molar-refractivity contribution is -0.137. The van der Waals surface area contributed by atoms with Crippen molar-refractivity contribution in [2.75, 3.05) is 6.54 Å². The molecule has 160 valence electrons. The normalized spacial score (nSPS) is 18.1. The fraction of sp³-hybridized carbons (Fsp3) is 0.417. The van der Waals surface area contributed by atoms with Gasteiger partial charge >= 0.3 is 6.09 Å². The molecule has 6 heteroatoms. The van der Waals surface area contributed by atoms with Crippen LogP contribution in [0.3, 0.4) is 0 Å². The van der Waals surface area contributed by atoms with Crippen LogP contribution in [-0.4, -0.2) is 40.6 Å². The average molecular weight is 411 g/mol. The molecule has 1 saturated heterocycles. The van der Waals surface area contributed by atoms with E-state index in [4.69, 9.17) is 4.74 Å². The van der Waals surface area contributed by atoms with Crippen molar-refractivity contribution < 1.29 is 19.4 Å². The number of amides is 2. The number of aliphatic hydroxyl groups is 1. The van der Waals surface area contributed by atoms with Gasteiger partial charge in [-0.2, -0.15) is 0 Å². The third-order valence-electron chi connectivity index (χ3n) is 5.51. The Morgan fingerprint density at radius 3 is 2.37 bits per heavy atom. The molecular formula is C24H30N2O4. The van der Waals surface area contributed by atoms with E-state index in [1.54, 1.807) is 4.90 Å². The first-order valence-electron chi connectivity index (χ1n) is 10.5. The summed E-state index contributed by atoms with van der Waals surface area (Å²) in [6.45, 7) is 4.49. The maximum Gasteiger partial charge on any atom is 0.408 e. The maximum absolute atomic E-state index is 13.3. The highest BCUT2D eigenvalue weighted by molar-refractivity contribution is 5.86. The Balaban J connectivity index is 1.64. The lowest BCUT2D eigenvalue weighted by Gasteiger charge is -2.33. The molecule has 0 aliphatic carbocycles. The molecule has 0 aromatic heterocycles. The van der Waals surface area contributed by atoms with Crippen LogP contribution < -0.4 is 5.32 Å². The van der Waals surface area contributed by atoms with E-state index in [0.29, 0.717) is 6.54 Å². The molecule has 2 amide bonds. The number of benzene rings is 2. The Morgan fingerprint density at radius 2 is 1.73 bits per heavy atom. The Kier molecular flexibility index (Phi) is 7.46. The molecule has 0 bridgehead atoms. The van der Waals surface area contributed by atoms with Gasteiger partial charge in [0.05, 0.1) is 12.1 Å². The molecule has 3 rings (SSSR count). The Labute approximate surface area is 177 Å². The predicted octanol–water partition coefficient (Wildman–Crippen LogP) is 3.66. The summed E-state index contributed by atoms with van der Waals surface area (Å²) in [7, 11) is 0. The first kappa shape index (κ1) is 21.8. The quantitative estimate of drug-likeness (QED) is 0.730. The standard InChI is InChI=1S/C24H30N2O4/c1-17(2)21(25-24(29)30-16-18-10-5-3-6-11-18)23(28)26-15-9-14-20(26)22(27)19-12-7-4-8-13-19/h3-8,10-13,17,20-22,27H,9,14-16H2,1-2H3,(H,25,29)/t20-,21-,22+/m0/s1. The minimum Gasteiger partial charge on any atom is -0.445 e. The molecule has 0 saturated carbocycles. The highest BCUT2D eigenvalue weighted by Gasteiger charge is 2.39. The number of ether oxygens (including phenoxy) is 1. The second-order valence-electron chi connectivity index (χ2n) is 8.02. The van der Waals surface area contributed by atoms with Crippen molar-refractivity contribution in [3.63, 3.8) is 0 Å². The molecule has 0 spiro atoms. The molecule has 1 heterocycles. The maximum atomic E-state index is 13.3. The van der Waals surface area contributed by atoms with Gasteiger partial charge in [-0.3, -0.25) is 4.79 Å². The lowest BCUT2D eigenvalue weighted by atomic mass is 9.98. The summed E-state index contributed by atoms with van der Waals surface area (Å²) in [6.07, 6.45) is 0.176. The molecule has 2 N–H and O–H groups in total. The fourth-order valence-electron chi connectivity index (χ4n) is 3.85. The van der Waals surface area contributed by atoms with E-state index < -0.39 is 18.2 Å². The Hall–Kier alpha value is -2.86. The molecule has 1 aliphatic rings. The number of aliphatic hydroxyl groups excluding tert-OH is 1. The van der Waals surface area contributed by atoms with E-state index in [1.807, 2.05) is 74.5 Å². The second kappa shape index (κ2) is 10.3. The molecule has 30 heavy (non-hydrogen) atoms. The van der Waals surface area contributed by atoms with E-state index in [1.165, 1.54) is 0 Å². The van der Waals surface area contributed by atoms with Crippen LogP contribution in [0, 0.1) is 5.92 Å². The highest BCUT2D eigenvalue weighted by atomic mass is 16.5. The van der Waals surface area contributed by atoms with Gasteiger partial charge in [0.2, 0.25) is 5.91 Å². The summed E-state index contributed by atoms with van der Waals surface area (Å²) in [5, 5.41) is 13.6. The number of nitrogens with one attached hydrogen (secondary N) is 1. The van der Waals surface area contributed by atoms with Crippen LogP contribution in [0.25, 0.3) is 0 Å². The Morgan fingerprint density at radius 1 is 1.10 bits per heavy atom. The Bertz CT molecular complexity index is 826. The van der Waals surface area contributed by atoms with Crippen LogP contribution in [0.1, 0.15) is 43.9 Å². The summed E-state index contributed by atoms with van der Waals surface area (Å²) in [5.74, 6) is -0.295. The molecule has 6 nitrogen and oxygen atoms in total. The van der Waals surface area contributed by atoms with Gasteiger partial charge < -0.3 is 20.1 Å². The first-order chi connectivity index (χ1) is 14.5. The van der Waals surface area contributed by atoms with Crippen molar-refractivity contribution in [1.82, 2.24) is 10.2 Å². The summed E-state index contributed by atoms with van der Waals surface area (Å²) in [4.78, 5) is 27.3. The number of likely N-dealkylation sites (tertiary alicyclic amines) is 1. The summed E-state index contributed by atoms with van der Waals surface area (Å²) < 4.78 is 5.29. The molecule has 3 atom stereocenters. The minimum absolute atomic E-state index is 0.114. The van der Waals surface area contributed by atoms with E-state index >= 15 is 0 Å². The van der Waals surface area contributed by atoms with Gasteiger partial charge in [-0.05, 0) is 29.9 Å². The molecular weight excluding hydrogens is 380 g/mol.